The Morgan fingerprint density at radius 2 is 1.88 bits per heavy atom. The van der Waals surface area contributed by atoms with E-state index in [4.69, 9.17) is 4.74 Å². The second-order valence-corrected chi connectivity index (χ2v) is 7.81. The Balaban J connectivity index is 1.22. The Labute approximate surface area is 150 Å². The van der Waals surface area contributed by atoms with Crippen molar-refractivity contribution in [2.45, 2.75) is 32.0 Å². The van der Waals surface area contributed by atoms with Gasteiger partial charge in [0, 0.05) is 38.6 Å². The fraction of sp³-hybridized carbons (Fsp3) is 0.455. The van der Waals surface area contributed by atoms with Gasteiger partial charge in [-0.05, 0) is 41.6 Å². The summed E-state index contributed by atoms with van der Waals surface area (Å²) in [6.07, 6.45) is 2.42. The van der Waals surface area contributed by atoms with Crippen LogP contribution in [-0.2, 0) is 19.5 Å². The number of rotatable bonds is 4. The van der Waals surface area contributed by atoms with Crippen molar-refractivity contribution in [3.05, 3.63) is 65.2 Å². The molecule has 2 aromatic carbocycles. The van der Waals surface area contributed by atoms with Crippen LogP contribution in [0.4, 0.5) is 0 Å². The molecular weight excluding hydrogens is 308 g/mol. The van der Waals surface area contributed by atoms with E-state index in [1.165, 1.54) is 42.7 Å². The summed E-state index contributed by atoms with van der Waals surface area (Å²) in [5, 5.41) is 0. The van der Waals surface area contributed by atoms with E-state index in [9.17, 15) is 0 Å². The Kier molecular flexibility index (Phi) is 3.99. The van der Waals surface area contributed by atoms with Crippen LogP contribution in [0.15, 0.2) is 48.5 Å². The molecule has 0 saturated carbocycles. The number of ether oxygens (including phenoxy) is 1. The standard InChI is InChI=1S/C22H26N2O/c1-2-4-17(5-3-1)14-24-15-20-8-10-23(16-21(20)24)13-18-6-7-22-19(12-18)9-11-25-22/h1-7,12,20-21H,8-11,13-16H2/t20-,21-/m1/s1. The molecule has 0 radical (unpaired) electrons. The third-order valence-corrected chi connectivity index (χ3v) is 6.13. The molecule has 130 valence electrons. The van der Waals surface area contributed by atoms with E-state index in [0.29, 0.717) is 0 Å². The molecule has 2 aromatic rings. The highest BCUT2D eigenvalue weighted by atomic mass is 16.5. The maximum absolute atomic E-state index is 5.63. The van der Waals surface area contributed by atoms with Crippen molar-refractivity contribution in [3.63, 3.8) is 0 Å². The lowest BCUT2D eigenvalue weighted by Crippen LogP contribution is -2.63. The minimum Gasteiger partial charge on any atom is -0.493 e. The fourth-order valence-electron chi connectivity index (χ4n) is 4.71. The molecule has 3 heterocycles. The van der Waals surface area contributed by atoms with Crippen LogP contribution < -0.4 is 4.74 Å². The number of nitrogens with zero attached hydrogens (tertiary/aromatic N) is 2. The number of likely N-dealkylation sites (tertiary alicyclic amines) is 2. The van der Waals surface area contributed by atoms with Crippen LogP contribution in [0.25, 0.3) is 0 Å². The lowest BCUT2D eigenvalue weighted by molar-refractivity contribution is -0.0515. The van der Waals surface area contributed by atoms with Gasteiger partial charge in [-0.2, -0.15) is 0 Å². The molecule has 3 heteroatoms. The maximum atomic E-state index is 5.63. The van der Waals surface area contributed by atoms with Gasteiger partial charge in [-0.1, -0.05) is 42.5 Å². The third kappa shape index (κ3) is 3.07. The summed E-state index contributed by atoms with van der Waals surface area (Å²) >= 11 is 0. The van der Waals surface area contributed by atoms with Crippen LogP contribution in [0.3, 0.4) is 0 Å². The van der Waals surface area contributed by atoms with Crippen LogP contribution in [0, 0.1) is 5.92 Å². The van der Waals surface area contributed by atoms with Crippen molar-refractivity contribution in [3.8, 4) is 5.75 Å². The zero-order chi connectivity index (χ0) is 16.6. The average Bonchev–Trinajstić information content (AvgIpc) is 3.10. The lowest BCUT2D eigenvalue weighted by atomic mass is 9.82. The summed E-state index contributed by atoms with van der Waals surface area (Å²) in [7, 11) is 0. The van der Waals surface area contributed by atoms with Crippen LogP contribution >= 0.6 is 0 Å². The first-order valence-electron chi connectivity index (χ1n) is 9.60. The van der Waals surface area contributed by atoms with Gasteiger partial charge in [0.15, 0.2) is 0 Å². The summed E-state index contributed by atoms with van der Waals surface area (Å²) in [4.78, 5) is 5.32. The summed E-state index contributed by atoms with van der Waals surface area (Å²) in [5.74, 6) is 2.00. The van der Waals surface area contributed by atoms with Crippen molar-refractivity contribution in [1.29, 1.82) is 0 Å². The van der Waals surface area contributed by atoms with Gasteiger partial charge in [0.05, 0.1) is 6.61 Å². The van der Waals surface area contributed by atoms with Crippen LogP contribution in [-0.4, -0.2) is 42.1 Å². The van der Waals surface area contributed by atoms with Gasteiger partial charge in [0.2, 0.25) is 0 Å². The largest absolute Gasteiger partial charge is 0.493 e. The first-order valence-corrected chi connectivity index (χ1v) is 9.60. The van der Waals surface area contributed by atoms with Crippen molar-refractivity contribution < 1.29 is 4.74 Å². The topological polar surface area (TPSA) is 15.7 Å². The molecule has 0 unspecified atom stereocenters. The Bertz CT molecular complexity index is 745. The second kappa shape index (κ2) is 6.47. The highest BCUT2D eigenvalue weighted by Crippen LogP contribution is 2.34. The van der Waals surface area contributed by atoms with E-state index >= 15 is 0 Å². The van der Waals surface area contributed by atoms with E-state index < -0.39 is 0 Å². The zero-order valence-electron chi connectivity index (χ0n) is 14.7. The quantitative estimate of drug-likeness (QED) is 0.853. The van der Waals surface area contributed by atoms with Crippen molar-refractivity contribution in [2.24, 2.45) is 5.92 Å². The highest BCUT2D eigenvalue weighted by Gasteiger charge is 2.42. The number of fused-ring (bicyclic) bond motifs is 2. The normalized spacial score (nSPS) is 25.8. The summed E-state index contributed by atoms with van der Waals surface area (Å²) in [6, 6.07) is 18.4. The SMILES string of the molecule is c1ccc(CN2C[C@H]3CCN(Cc4ccc5c(c4)CCO5)C[C@H]32)cc1. The highest BCUT2D eigenvalue weighted by molar-refractivity contribution is 5.39. The van der Waals surface area contributed by atoms with Crippen molar-refractivity contribution in [2.75, 3.05) is 26.2 Å². The first kappa shape index (κ1) is 15.4. The van der Waals surface area contributed by atoms with Crippen LogP contribution in [0.2, 0.25) is 0 Å². The van der Waals surface area contributed by atoms with Crippen LogP contribution in [0.1, 0.15) is 23.1 Å². The van der Waals surface area contributed by atoms with E-state index in [-0.39, 0.29) is 0 Å². The predicted octanol–water partition coefficient (Wildman–Crippen LogP) is 3.33. The molecule has 0 amide bonds. The summed E-state index contributed by atoms with van der Waals surface area (Å²) in [6.45, 7) is 6.77. The van der Waals surface area contributed by atoms with E-state index in [1.807, 2.05) is 0 Å². The zero-order valence-corrected chi connectivity index (χ0v) is 14.7. The minimum absolute atomic E-state index is 0.742. The molecule has 0 bridgehead atoms. The fourth-order valence-corrected chi connectivity index (χ4v) is 4.71. The van der Waals surface area contributed by atoms with E-state index in [2.05, 4.69) is 58.3 Å². The number of hydrogen-bond donors (Lipinski definition) is 0. The van der Waals surface area contributed by atoms with Gasteiger partial charge >= 0.3 is 0 Å². The monoisotopic (exact) mass is 334 g/mol. The van der Waals surface area contributed by atoms with E-state index in [1.54, 1.807) is 0 Å². The molecule has 3 aliphatic rings. The molecule has 2 saturated heterocycles. The Morgan fingerprint density at radius 1 is 0.960 bits per heavy atom. The van der Waals surface area contributed by atoms with E-state index in [0.717, 1.165) is 43.8 Å². The summed E-state index contributed by atoms with van der Waals surface area (Å²) < 4.78 is 5.63. The van der Waals surface area contributed by atoms with Gasteiger partial charge in [-0.3, -0.25) is 9.80 Å². The first-order chi connectivity index (χ1) is 12.3. The molecule has 3 aliphatic heterocycles. The number of piperidine rings is 1. The smallest absolute Gasteiger partial charge is 0.122 e. The molecule has 2 atom stereocenters. The van der Waals surface area contributed by atoms with Gasteiger partial charge in [-0.25, -0.2) is 0 Å². The molecule has 0 spiro atoms. The van der Waals surface area contributed by atoms with Crippen LogP contribution in [0.5, 0.6) is 5.75 Å². The van der Waals surface area contributed by atoms with Gasteiger partial charge in [0.25, 0.3) is 0 Å². The average molecular weight is 334 g/mol. The summed E-state index contributed by atoms with van der Waals surface area (Å²) in [5.41, 5.74) is 4.27. The molecule has 0 aromatic heterocycles. The van der Waals surface area contributed by atoms with Crippen molar-refractivity contribution in [1.82, 2.24) is 9.80 Å². The molecule has 3 nitrogen and oxygen atoms in total. The van der Waals surface area contributed by atoms with Gasteiger partial charge < -0.3 is 4.74 Å². The second-order valence-electron chi connectivity index (χ2n) is 7.81. The lowest BCUT2D eigenvalue weighted by Gasteiger charge is -2.53. The molecule has 2 fully saturated rings. The maximum Gasteiger partial charge on any atom is 0.122 e. The third-order valence-electron chi connectivity index (χ3n) is 6.13. The Hall–Kier alpha value is -1.84. The molecule has 0 N–H and O–H groups in total. The predicted molar refractivity (Wildman–Crippen MR) is 99.7 cm³/mol. The minimum atomic E-state index is 0.742. The van der Waals surface area contributed by atoms with Gasteiger partial charge in [0.1, 0.15) is 5.75 Å². The molecular formula is C22H26N2O. The molecule has 5 rings (SSSR count). The molecule has 0 aliphatic carbocycles. The molecule has 25 heavy (non-hydrogen) atoms. The Morgan fingerprint density at radius 3 is 2.80 bits per heavy atom. The number of hydrogen-bond acceptors (Lipinski definition) is 3. The van der Waals surface area contributed by atoms with Crippen molar-refractivity contribution >= 4 is 0 Å². The van der Waals surface area contributed by atoms with Gasteiger partial charge in [-0.15, -0.1) is 0 Å². The number of benzene rings is 2.